The first-order valence-corrected chi connectivity index (χ1v) is 6.93. The van der Waals surface area contributed by atoms with Gasteiger partial charge in [-0.25, -0.2) is 4.98 Å². The zero-order valence-corrected chi connectivity index (χ0v) is 11.9. The molecule has 2 rings (SSSR count). The Morgan fingerprint density at radius 1 is 1.50 bits per heavy atom. The maximum absolute atomic E-state index is 10.6. The summed E-state index contributed by atoms with van der Waals surface area (Å²) in [6.45, 7) is 2.57. The predicted octanol–water partition coefficient (Wildman–Crippen LogP) is 1.55. The lowest BCUT2D eigenvalue weighted by atomic mass is 10.2. The van der Waals surface area contributed by atoms with Crippen molar-refractivity contribution in [2.75, 3.05) is 12.9 Å². The highest BCUT2D eigenvalue weighted by molar-refractivity contribution is 7.99. The predicted molar refractivity (Wildman–Crippen MR) is 73.8 cm³/mol. The van der Waals surface area contributed by atoms with Crippen molar-refractivity contribution in [3.63, 3.8) is 0 Å². The number of carboxylic acids is 1. The van der Waals surface area contributed by atoms with Crippen LogP contribution in [-0.4, -0.2) is 43.7 Å². The smallest absolute Gasteiger partial charge is 0.313 e. The van der Waals surface area contributed by atoms with Crippen molar-refractivity contribution in [2.24, 2.45) is 0 Å². The van der Waals surface area contributed by atoms with Gasteiger partial charge in [0.25, 0.3) is 0 Å². The molecule has 0 unspecified atom stereocenters. The number of pyridine rings is 1. The summed E-state index contributed by atoms with van der Waals surface area (Å²) in [6.07, 6.45) is 1.63. The lowest BCUT2D eigenvalue weighted by Gasteiger charge is -2.08. The lowest BCUT2D eigenvalue weighted by Crippen LogP contribution is -2.04. The molecule has 0 aliphatic heterocycles. The highest BCUT2D eigenvalue weighted by Gasteiger charge is 2.17. The highest BCUT2D eigenvalue weighted by atomic mass is 32.2. The van der Waals surface area contributed by atoms with Crippen LogP contribution in [0.4, 0.5) is 0 Å². The van der Waals surface area contributed by atoms with Crippen molar-refractivity contribution in [3.05, 3.63) is 18.3 Å². The van der Waals surface area contributed by atoms with Crippen LogP contribution in [0.15, 0.2) is 23.5 Å². The van der Waals surface area contributed by atoms with Gasteiger partial charge in [-0.1, -0.05) is 11.8 Å². The fourth-order valence-corrected chi connectivity index (χ4v) is 2.45. The van der Waals surface area contributed by atoms with Crippen LogP contribution in [0.1, 0.15) is 6.92 Å². The van der Waals surface area contributed by atoms with Gasteiger partial charge in [0.2, 0.25) is 5.88 Å². The molecule has 0 aromatic carbocycles. The maximum Gasteiger partial charge on any atom is 0.313 e. The Kier molecular flexibility index (Phi) is 4.57. The summed E-state index contributed by atoms with van der Waals surface area (Å²) >= 11 is 1.14. The number of methoxy groups -OCH3 is 1. The normalized spacial score (nSPS) is 10.5. The summed E-state index contributed by atoms with van der Waals surface area (Å²) in [5.74, 6) is 0.137. The molecular formula is C12H14N4O3S. The largest absolute Gasteiger partial charge is 0.481 e. The number of nitrogens with zero attached hydrogens (tertiary/aromatic N) is 4. The highest BCUT2D eigenvalue weighted by Crippen LogP contribution is 2.29. The maximum atomic E-state index is 10.6. The molecule has 2 aromatic rings. The molecule has 0 saturated heterocycles. The standard InChI is InChI=1S/C12H14N4O3S/c1-3-16-10(8-5-4-6-13-11(8)19-2)14-15-12(16)20-7-9(17)18/h4-6H,3,7H2,1-2H3,(H,17,18). The van der Waals surface area contributed by atoms with Gasteiger partial charge in [0, 0.05) is 12.7 Å². The van der Waals surface area contributed by atoms with E-state index in [1.54, 1.807) is 19.4 Å². The third-order valence-electron chi connectivity index (χ3n) is 2.56. The van der Waals surface area contributed by atoms with Crippen LogP contribution in [0.25, 0.3) is 11.4 Å². The first kappa shape index (κ1) is 14.3. The van der Waals surface area contributed by atoms with E-state index in [9.17, 15) is 4.79 Å². The van der Waals surface area contributed by atoms with Crippen molar-refractivity contribution in [1.82, 2.24) is 19.7 Å². The molecule has 2 aromatic heterocycles. The second-order valence-corrected chi connectivity index (χ2v) is 4.74. The average Bonchev–Trinajstić information content (AvgIpc) is 2.87. The van der Waals surface area contributed by atoms with Crippen LogP contribution >= 0.6 is 11.8 Å². The number of rotatable bonds is 6. The molecule has 0 aliphatic carbocycles. The molecule has 0 spiro atoms. The number of carboxylic acid groups (broad SMARTS) is 1. The van der Waals surface area contributed by atoms with Crippen LogP contribution < -0.4 is 4.74 Å². The van der Waals surface area contributed by atoms with Gasteiger partial charge in [-0.3, -0.25) is 4.79 Å². The van der Waals surface area contributed by atoms with Crippen LogP contribution in [0.3, 0.4) is 0 Å². The van der Waals surface area contributed by atoms with Gasteiger partial charge in [-0.05, 0) is 19.1 Å². The molecular weight excluding hydrogens is 280 g/mol. The topological polar surface area (TPSA) is 90.1 Å². The van der Waals surface area contributed by atoms with E-state index >= 15 is 0 Å². The van der Waals surface area contributed by atoms with Gasteiger partial charge in [-0.15, -0.1) is 10.2 Å². The van der Waals surface area contributed by atoms with Crippen molar-refractivity contribution >= 4 is 17.7 Å². The monoisotopic (exact) mass is 294 g/mol. The van der Waals surface area contributed by atoms with E-state index in [0.717, 1.165) is 17.3 Å². The SMILES string of the molecule is CCn1c(SCC(=O)O)nnc1-c1cccnc1OC. The van der Waals surface area contributed by atoms with E-state index in [4.69, 9.17) is 9.84 Å². The number of hydrogen-bond acceptors (Lipinski definition) is 6. The molecule has 0 amide bonds. The molecule has 0 radical (unpaired) electrons. The minimum absolute atomic E-state index is 0.0533. The van der Waals surface area contributed by atoms with Gasteiger partial charge in [0.1, 0.15) is 0 Å². The molecule has 2 heterocycles. The lowest BCUT2D eigenvalue weighted by molar-refractivity contribution is -0.133. The Morgan fingerprint density at radius 2 is 2.30 bits per heavy atom. The van der Waals surface area contributed by atoms with Crippen molar-refractivity contribution in [2.45, 2.75) is 18.6 Å². The summed E-state index contributed by atoms with van der Waals surface area (Å²) in [4.78, 5) is 14.8. The average molecular weight is 294 g/mol. The van der Waals surface area contributed by atoms with Crippen molar-refractivity contribution in [3.8, 4) is 17.3 Å². The van der Waals surface area contributed by atoms with E-state index in [-0.39, 0.29) is 5.75 Å². The second kappa shape index (κ2) is 6.38. The molecule has 0 saturated carbocycles. The van der Waals surface area contributed by atoms with Crippen molar-refractivity contribution in [1.29, 1.82) is 0 Å². The number of ether oxygens (including phenoxy) is 1. The van der Waals surface area contributed by atoms with Crippen LogP contribution in [0, 0.1) is 0 Å². The third-order valence-corrected chi connectivity index (χ3v) is 3.51. The number of aromatic nitrogens is 4. The van der Waals surface area contributed by atoms with E-state index in [1.165, 1.54) is 0 Å². The van der Waals surface area contributed by atoms with E-state index < -0.39 is 5.97 Å². The first-order valence-electron chi connectivity index (χ1n) is 5.94. The fraction of sp³-hybridized carbons (Fsp3) is 0.333. The zero-order valence-electron chi connectivity index (χ0n) is 11.1. The van der Waals surface area contributed by atoms with Gasteiger partial charge in [0.15, 0.2) is 11.0 Å². The molecule has 7 nitrogen and oxygen atoms in total. The summed E-state index contributed by atoms with van der Waals surface area (Å²) in [6, 6.07) is 3.63. The quantitative estimate of drug-likeness (QED) is 0.808. The number of carbonyl (C=O) groups is 1. The molecule has 0 bridgehead atoms. The fourth-order valence-electron chi connectivity index (χ4n) is 1.73. The van der Waals surface area contributed by atoms with Crippen LogP contribution in [-0.2, 0) is 11.3 Å². The Morgan fingerprint density at radius 3 is 2.95 bits per heavy atom. The Bertz CT molecular complexity index is 614. The molecule has 20 heavy (non-hydrogen) atoms. The molecule has 8 heteroatoms. The molecule has 0 fully saturated rings. The zero-order chi connectivity index (χ0) is 14.5. The summed E-state index contributed by atoms with van der Waals surface area (Å²) in [5.41, 5.74) is 0.728. The number of thioether (sulfide) groups is 1. The second-order valence-electron chi connectivity index (χ2n) is 3.79. The summed E-state index contributed by atoms with van der Waals surface area (Å²) < 4.78 is 7.05. The Balaban J connectivity index is 2.39. The Hall–Kier alpha value is -2.09. The minimum Gasteiger partial charge on any atom is -0.481 e. The van der Waals surface area contributed by atoms with E-state index in [1.807, 2.05) is 17.6 Å². The van der Waals surface area contributed by atoms with Gasteiger partial charge in [-0.2, -0.15) is 0 Å². The Labute approximate surface area is 120 Å². The molecule has 106 valence electrons. The molecule has 0 atom stereocenters. The third kappa shape index (κ3) is 2.90. The summed E-state index contributed by atoms with van der Waals surface area (Å²) in [5, 5.41) is 17.5. The van der Waals surface area contributed by atoms with Gasteiger partial charge in [0.05, 0.1) is 18.4 Å². The first-order chi connectivity index (χ1) is 9.67. The van der Waals surface area contributed by atoms with E-state index in [2.05, 4.69) is 15.2 Å². The van der Waals surface area contributed by atoms with E-state index in [0.29, 0.717) is 23.4 Å². The van der Waals surface area contributed by atoms with Crippen LogP contribution in [0.2, 0.25) is 0 Å². The number of hydrogen-bond donors (Lipinski definition) is 1. The molecule has 1 N–H and O–H groups in total. The van der Waals surface area contributed by atoms with Crippen molar-refractivity contribution < 1.29 is 14.6 Å². The minimum atomic E-state index is -0.888. The van der Waals surface area contributed by atoms with Crippen LogP contribution in [0.5, 0.6) is 5.88 Å². The molecule has 0 aliphatic rings. The van der Waals surface area contributed by atoms with Gasteiger partial charge < -0.3 is 14.4 Å². The van der Waals surface area contributed by atoms with Gasteiger partial charge >= 0.3 is 5.97 Å². The summed E-state index contributed by atoms with van der Waals surface area (Å²) in [7, 11) is 1.54. The number of aliphatic carboxylic acids is 1.